The van der Waals surface area contributed by atoms with Gasteiger partial charge in [0.1, 0.15) is 0 Å². The SMILES string of the molecule is C=CB1OB(C(=C)C)OB(C(=C)C=C)O1. The minimum absolute atomic E-state index is 0.497. The Balaban J connectivity index is 2.75. The lowest BCUT2D eigenvalue weighted by Crippen LogP contribution is -2.49. The lowest BCUT2D eigenvalue weighted by molar-refractivity contribution is 0.302. The molecule has 0 bridgehead atoms. The van der Waals surface area contributed by atoms with Crippen molar-refractivity contribution in [3.05, 3.63) is 49.3 Å². The van der Waals surface area contributed by atoms with E-state index in [9.17, 15) is 0 Å². The van der Waals surface area contributed by atoms with Crippen LogP contribution in [0.3, 0.4) is 0 Å². The summed E-state index contributed by atoms with van der Waals surface area (Å²) in [6.45, 7) is 16.6. The van der Waals surface area contributed by atoms with Gasteiger partial charge < -0.3 is 13.7 Å². The standard InChI is InChI=1S/C9H13B3O3/c1-6-9(5)12-14-10(7-2)13-11(15-12)8(3)4/h6-7H,1-3,5H2,4H3. The van der Waals surface area contributed by atoms with Crippen molar-refractivity contribution in [2.24, 2.45) is 0 Å². The Kier molecular flexibility index (Phi) is 4.21. The molecule has 6 heteroatoms. The van der Waals surface area contributed by atoms with Crippen molar-refractivity contribution < 1.29 is 13.7 Å². The molecule has 0 unspecified atom stereocenters. The summed E-state index contributed by atoms with van der Waals surface area (Å²) >= 11 is 0. The molecule has 0 aromatic heterocycles. The Hall–Kier alpha value is -0.965. The van der Waals surface area contributed by atoms with Gasteiger partial charge in [-0.3, -0.25) is 0 Å². The van der Waals surface area contributed by atoms with E-state index in [0.29, 0.717) is 5.47 Å². The normalized spacial score (nSPS) is 16.2. The monoisotopic (exact) mass is 202 g/mol. The molecule has 15 heavy (non-hydrogen) atoms. The van der Waals surface area contributed by atoms with Gasteiger partial charge >= 0.3 is 21.4 Å². The molecule has 0 aliphatic carbocycles. The molecule has 0 N–H and O–H groups in total. The van der Waals surface area contributed by atoms with Crippen LogP contribution in [0.5, 0.6) is 0 Å². The zero-order valence-electron chi connectivity index (χ0n) is 8.94. The minimum Gasteiger partial charge on any atom is -0.445 e. The second kappa shape index (κ2) is 5.21. The van der Waals surface area contributed by atoms with Crippen LogP contribution in [0.2, 0.25) is 0 Å². The molecule has 0 aromatic carbocycles. The van der Waals surface area contributed by atoms with Gasteiger partial charge in [0, 0.05) is 0 Å². The summed E-state index contributed by atoms with van der Waals surface area (Å²) in [5, 5.41) is 0. The summed E-state index contributed by atoms with van der Waals surface area (Å²) in [7, 11) is -1.56. The van der Waals surface area contributed by atoms with Gasteiger partial charge in [0.25, 0.3) is 0 Å². The zero-order valence-corrected chi connectivity index (χ0v) is 8.94. The van der Waals surface area contributed by atoms with E-state index >= 15 is 0 Å². The molecular weight excluding hydrogens is 189 g/mol. The summed E-state index contributed by atoms with van der Waals surface area (Å²) in [6.07, 6.45) is 1.59. The number of allylic oxidation sites excluding steroid dienone is 3. The van der Waals surface area contributed by atoms with E-state index in [1.54, 1.807) is 12.1 Å². The second-order valence-electron chi connectivity index (χ2n) is 3.30. The fraction of sp³-hybridized carbons (Fsp3) is 0.111. The van der Waals surface area contributed by atoms with Crippen molar-refractivity contribution in [2.45, 2.75) is 6.92 Å². The average molecular weight is 202 g/mol. The maximum atomic E-state index is 5.47. The fourth-order valence-electron chi connectivity index (χ4n) is 1.07. The van der Waals surface area contributed by atoms with Crippen LogP contribution in [0, 0.1) is 0 Å². The number of hydrogen-bond donors (Lipinski definition) is 0. The van der Waals surface area contributed by atoms with Crippen LogP contribution < -0.4 is 0 Å². The van der Waals surface area contributed by atoms with Crippen LogP contribution in [0.15, 0.2) is 49.3 Å². The van der Waals surface area contributed by atoms with E-state index < -0.39 is 21.4 Å². The van der Waals surface area contributed by atoms with Crippen LogP contribution in [-0.2, 0) is 13.7 Å². The maximum Gasteiger partial charge on any atom is 0.466 e. The Bertz CT molecular complexity index is 303. The molecule has 0 amide bonds. The first-order chi connectivity index (χ1) is 7.08. The van der Waals surface area contributed by atoms with Crippen LogP contribution in [0.1, 0.15) is 6.92 Å². The molecule has 1 saturated heterocycles. The first-order valence-electron chi connectivity index (χ1n) is 4.64. The van der Waals surface area contributed by atoms with Crippen LogP contribution in [0.25, 0.3) is 0 Å². The summed E-state index contributed by atoms with van der Waals surface area (Å²) in [5.41, 5.74) is 1.42. The Labute approximate surface area is 91.9 Å². The summed E-state index contributed by atoms with van der Waals surface area (Å²) < 4.78 is 16.2. The van der Waals surface area contributed by atoms with Crippen LogP contribution >= 0.6 is 0 Å². The van der Waals surface area contributed by atoms with Gasteiger partial charge in [0.05, 0.1) is 0 Å². The molecule has 0 aromatic rings. The van der Waals surface area contributed by atoms with E-state index in [1.165, 1.54) is 0 Å². The molecule has 76 valence electrons. The highest BCUT2D eigenvalue weighted by molar-refractivity contribution is 6.80. The molecule has 0 saturated carbocycles. The van der Waals surface area contributed by atoms with Gasteiger partial charge in [0.2, 0.25) is 0 Å². The lowest BCUT2D eigenvalue weighted by Gasteiger charge is -2.29. The highest BCUT2D eigenvalue weighted by Crippen LogP contribution is 2.17. The summed E-state index contributed by atoms with van der Waals surface area (Å²) in [4.78, 5) is 0. The predicted molar refractivity (Wildman–Crippen MR) is 64.9 cm³/mol. The van der Waals surface area contributed by atoms with E-state index in [4.69, 9.17) is 13.7 Å². The van der Waals surface area contributed by atoms with E-state index in [0.717, 1.165) is 5.47 Å². The molecule has 1 aliphatic rings. The van der Waals surface area contributed by atoms with Crippen molar-refractivity contribution in [1.82, 2.24) is 0 Å². The molecule has 1 heterocycles. The summed E-state index contributed by atoms with van der Waals surface area (Å²) in [5.74, 6) is 1.56. The average Bonchev–Trinajstić information content (AvgIpc) is 2.27. The topological polar surface area (TPSA) is 27.7 Å². The van der Waals surface area contributed by atoms with Crippen molar-refractivity contribution >= 4 is 21.4 Å². The van der Waals surface area contributed by atoms with Crippen molar-refractivity contribution in [1.29, 1.82) is 0 Å². The second-order valence-corrected chi connectivity index (χ2v) is 3.30. The molecular formula is C9H13B3O3. The Morgan fingerprint density at radius 3 is 2.13 bits per heavy atom. The zero-order chi connectivity index (χ0) is 11.4. The summed E-state index contributed by atoms with van der Waals surface area (Å²) in [6, 6.07) is 0. The van der Waals surface area contributed by atoms with Gasteiger partial charge in [0.15, 0.2) is 0 Å². The third-order valence-corrected chi connectivity index (χ3v) is 1.92. The third kappa shape index (κ3) is 2.99. The Morgan fingerprint density at radius 2 is 1.67 bits per heavy atom. The predicted octanol–water partition coefficient (Wildman–Crippen LogP) is 1.64. The molecule has 0 spiro atoms. The van der Waals surface area contributed by atoms with Crippen molar-refractivity contribution in [3.63, 3.8) is 0 Å². The Morgan fingerprint density at radius 1 is 1.07 bits per heavy atom. The van der Waals surface area contributed by atoms with Crippen molar-refractivity contribution in [2.75, 3.05) is 0 Å². The molecule has 3 nitrogen and oxygen atoms in total. The molecule has 1 aliphatic heterocycles. The van der Waals surface area contributed by atoms with Gasteiger partial charge in [-0.05, 0) is 12.4 Å². The number of hydrogen-bond acceptors (Lipinski definition) is 3. The minimum atomic E-state index is -0.555. The van der Waals surface area contributed by atoms with Crippen LogP contribution in [-0.4, -0.2) is 21.4 Å². The molecule has 0 atom stereocenters. The lowest BCUT2D eigenvalue weighted by atomic mass is 9.64. The largest absolute Gasteiger partial charge is 0.466 e. The smallest absolute Gasteiger partial charge is 0.445 e. The molecule has 1 fully saturated rings. The quantitative estimate of drug-likeness (QED) is 0.511. The highest BCUT2D eigenvalue weighted by Gasteiger charge is 2.40. The molecule has 0 radical (unpaired) electrons. The van der Waals surface area contributed by atoms with Gasteiger partial charge in [-0.1, -0.05) is 30.7 Å². The number of rotatable bonds is 4. The first kappa shape index (κ1) is 12.1. The van der Waals surface area contributed by atoms with Crippen molar-refractivity contribution in [3.8, 4) is 0 Å². The maximum absolute atomic E-state index is 5.47. The van der Waals surface area contributed by atoms with Crippen LogP contribution in [0.4, 0.5) is 0 Å². The molecule has 1 rings (SSSR count). The third-order valence-electron chi connectivity index (χ3n) is 1.92. The van der Waals surface area contributed by atoms with Gasteiger partial charge in [-0.25, -0.2) is 0 Å². The van der Waals surface area contributed by atoms with E-state index in [1.807, 2.05) is 6.92 Å². The fourth-order valence-corrected chi connectivity index (χ4v) is 1.07. The first-order valence-corrected chi connectivity index (χ1v) is 4.64. The van der Waals surface area contributed by atoms with Gasteiger partial charge in [-0.15, -0.1) is 13.2 Å². The van der Waals surface area contributed by atoms with E-state index in [-0.39, 0.29) is 0 Å². The van der Waals surface area contributed by atoms with Gasteiger partial charge in [-0.2, -0.15) is 0 Å². The highest BCUT2D eigenvalue weighted by atomic mass is 16.7. The van der Waals surface area contributed by atoms with E-state index in [2.05, 4.69) is 26.3 Å².